The molecule has 0 aromatic heterocycles. The summed E-state index contributed by atoms with van der Waals surface area (Å²) in [6.45, 7) is 3.56. The van der Waals surface area contributed by atoms with E-state index >= 15 is 0 Å². The van der Waals surface area contributed by atoms with E-state index in [1.807, 2.05) is 18.2 Å². The highest BCUT2D eigenvalue weighted by atomic mass is 35.5. The summed E-state index contributed by atoms with van der Waals surface area (Å²) in [6.07, 6.45) is 8.39. The highest BCUT2D eigenvalue weighted by Gasteiger charge is 2.26. The number of likely N-dealkylation sites (tertiary alicyclic amines) is 1. The van der Waals surface area contributed by atoms with Crippen molar-refractivity contribution in [3.05, 3.63) is 45.5 Å². The second-order valence-electron chi connectivity index (χ2n) is 6.58. The third-order valence-corrected chi connectivity index (χ3v) is 5.47. The van der Waals surface area contributed by atoms with Gasteiger partial charge in [0.1, 0.15) is 0 Å². The molecule has 0 saturated carbocycles. The molecule has 3 rings (SSSR count). The minimum Gasteiger partial charge on any atom is -0.327 e. The second-order valence-corrected chi connectivity index (χ2v) is 7.42. The quantitative estimate of drug-likeness (QED) is 0.815. The number of allylic oxidation sites excluding steroid dienone is 1. The van der Waals surface area contributed by atoms with E-state index in [0.29, 0.717) is 10.9 Å². The van der Waals surface area contributed by atoms with Crippen LogP contribution >= 0.6 is 23.2 Å². The van der Waals surface area contributed by atoms with E-state index in [1.54, 1.807) is 0 Å². The van der Waals surface area contributed by atoms with Gasteiger partial charge in [-0.2, -0.15) is 0 Å². The number of hydrogen-bond donors (Lipinski definition) is 1. The van der Waals surface area contributed by atoms with Gasteiger partial charge in [-0.15, -0.1) is 0 Å². The largest absolute Gasteiger partial charge is 0.327 e. The molecule has 1 saturated heterocycles. The van der Waals surface area contributed by atoms with Gasteiger partial charge in [-0.25, -0.2) is 0 Å². The van der Waals surface area contributed by atoms with Crippen molar-refractivity contribution < 1.29 is 0 Å². The molecular formula is C18H24Cl2N2. The number of nitrogens with two attached hydrogens (primary N) is 1. The first-order valence-electron chi connectivity index (χ1n) is 8.24. The Bertz CT molecular complexity index is 550. The van der Waals surface area contributed by atoms with E-state index in [0.717, 1.165) is 30.0 Å². The monoisotopic (exact) mass is 338 g/mol. The standard InChI is InChI=1S/C18H24Cl2N2/c19-14-5-7-15(17(20)11-14)16-6-4-13(10-18(16)21)12-22-8-2-1-3-9-22/h4-5,7,11,16,18H,1-3,6,8-10,12,21H2/t16-,18-/m0/s1. The Morgan fingerprint density at radius 2 is 1.91 bits per heavy atom. The molecule has 0 bridgehead atoms. The molecule has 0 unspecified atom stereocenters. The summed E-state index contributed by atoms with van der Waals surface area (Å²) in [5.74, 6) is 0.301. The van der Waals surface area contributed by atoms with E-state index in [-0.39, 0.29) is 6.04 Å². The molecule has 1 heterocycles. The van der Waals surface area contributed by atoms with Gasteiger partial charge in [-0.3, -0.25) is 4.90 Å². The van der Waals surface area contributed by atoms with Crippen LogP contribution in [0.3, 0.4) is 0 Å². The normalized spacial score (nSPS) is 26.8. The van der Waals surface area contributed by atoms with Crippen LogP contribution in [0.2, 0.25) is 10.0 Å². The number of benzene rings is 1. The van der Waals surface area contributed by atoms with Gasteiger partial charge in [0, 0.05) is 28.5 Å². The van der Waals surface area contributed by atoms with Gasteiger partial charge < -0.3 is 5.73 Å². The lowest BCUT2D eigenvalue weighted by molar-refractivity contribution is 0.242. The lowest BCUT2D eigenvalue weighted by atomic mass is 9.80. The van der Waals surface area contributed by atoms with Gasteiger partial charge in [0.05, 0.1) is 0 Å². The van der Waals surface area contributed by atoms with Crippen LogP contribution in [-0.2, 0) is 0 Å². The van der Waals surface area contributed by atoms with Crippen LogP contribution in [0.25, 0.3) is 0 Å². The fourth-order valence-electron chi connectivity index (χ4n) is 3.69. The molecule has 0 amide bonds. The van der Waals surface area contributed by atoms with Crippen LogP contribution in [0.1, 0.15) is 43.6 Å². The highest BCUT2D eigenvalue weighted by molar-refractivity contribution is 6.35. The first-order chi connectivity index (χ1) is 10.6. The van der Waals surface area contributed by atoms with Crippen molar-refractivity contribution in [1.29, 1.82) is 0 Å². The molecule has 1 aromatic carbocycles. The Hall–Kier alpha value is -0.540. The van der Waals surface area contributed by atoms with Crippen molar-refractivity contribution in [2.24, 2.45) is 5.73 Å². The first-order valence-corrected chi connectivity index (χ1v) is 9.00. The molecule has 1 aromatic rings. The predicted molar refractivity (Wildman–Crippen MR) is 94.8 cm³/mol. The van der Waals surface area contributed by atoms with E-state index in [2.05, 4.69) is 11.0 Å². The molecule has 1 aliphatic carbocycles. The average Bonchev–Trinajstić information content (AvgIpc) is 2.49. The molecular weight excluding hydrogens is 315 g/mol. The van der Waals surface area contributed by atoms with Crippen LogP contribution in [0, 0.1) is 0 Å². The SMILES string of the molecule is N[C@H]1CC(CN2CCCCC2)=CC[C@H]1c1ccc(Cl)cc1Cl. The third-order valence-electron chi connectivity index (χ3n) is 4.91. The Kier molecular flexibility index (Phi) is 5.46. The summed E-state index contributed by atoms with van der Waals surface area (Å²) >= 11 is 12.3. The zero-order valence-electron chi connectivity index (χ0n) is 12.9. The van der Waals surface area contributed by atoms with Crippen molar-refractivity contribution in [3.63, 3.8) is 0 Å². The molecule has 2 atom stereocenters. The van der Waals surface area contributed by atoms with Crippen LogP contribution < -0.4 is 5.73 Å². The van der Waals surface area contributed by atoms with Crippen LogP contribution in [0.15, 0.2) is 29.8 Å². The van der Waals surface area contributed by atoms with Gasteiger partial charge in [-0.1, -0.05) is 47.3 Å². The molecule has 4 heteroatoms. The maximum absolute atomic E-state index is 6.46. The van der Waals surface area contributed by atoms with E-state index in [1.165, 1.54) is 37.9 Å². The maximum atomic E-state index is 6.46. The maximum Gasteiger partial charge on any atom is 0.0456 e. The summed E-state index contributed by atoms with van der Waals surface area (Å²) in [5.41, 5.74) is 9.09. The van der Waals surface area contributed by atoms with Crippen LogP contribution in [0.5, 0.6) is 0 Å². The molecule has 1 aliphatic heterocycles. The highest BCUT2D eigenvalue weighted by Crippen LogP contribution is 2.36. The van der Waals surface area contributed by atoms with Crippen molar-refractivity contribution in [2.45, 2.75) is 44.1 Å². The molecule has 22 heavy (non-hydrogen) atoms. The van der Waals surface area contributed by atoms with Crippen molar-refractivity contribution in [1.82, 2.24) is 4.90 Å². The Labute approximate surface area is 143 Å². The molecule has 0 spiro atoms. The van der Waals surface area contributed by atoms with Crippen molar-refractivity contribution in [3.8, 4) is 0 Å². The van der Waals surface area contributed by atoms with Gasteiger partial charge in [0.25, 0.3) is 0 Å². The summed E-state index contributed by atoms with van der Waals surface area (Å²) in [4.78, 5) is 2.57. The molecule has 120 valence electrons. The molecule has 2 N–H and O–H groups in total. The zero-order valence-corrected chi connectivity index (χ0v) is 14.4. The third kappa shape index (κ3) is 3.86. The summed E-state index contributed by atoms with van der Waals surface area (Å²) in [6, 6.07) is 5.89. The molecule has 2 nitrogen and oxygen atoms in total. The van der Waals surface area contributed by atoms with Crippen molar-refractivity contribution >= 4 is 23.2 Å². The molecule has 1 fully saturated rings. The Morgan fingerprint density at radius 3 is 2.59 bits per heavy atom. The number of hydrogen-bond acceptors (Lipinski definition) is 2. The van der Waals surface area contributed by atoms with Gasteiger partial charge in [-0.05, 0) is 56.5 Å². The van der Waals surface area contributed by atoms with Gasteiger partial charge >= 0.3 is 0 Å². The van der Waals surface area contributed by atoms with E-state index in [4.69, 9.17) is 28.9 Å². The van der Waals surface area contributed by atoms with Gasteiger partial charge in [0.15, 0.2) is 0 Å². The first kappa shape index (κ1) is 16.3. The van der Waals surface area contributed by atoms with E-state index in [9.17, 15) is 0 Å². The van der Waals surface area contributed by atoms with Crippen molar-refractivity contribution in [2.75, 3.05) is 19.6 Å². The number of rotatable bonds is 3. The van der Waals surface area contributed by atoms with Crippen LogP contribution in [0.4, 0.5) is 0 Å². The summed E-state index contributed by atoms with van der Waals surface area (Å²) < 4.78 is 0. The summed E-state index contributed by atoms with van der Waals surface area (Å²) in [7, 11) is 0. The fraction of sp³-hybridized carbons (Fsp3) is 0.556. The average molecular weight is 339 g/mol. The smallest absolute Gasteiger partial charge is 0.0456 e. The fourth-order valence-corrected chi connectivity index (χ4v) is 4.24. The Morgan fingerprint density at radius 1 is 1.14 bits per heavy atom. The van der Waals surface area contributed by atoms with E-state index < -0.39 is 0 Å². The topological polar surface area (TPSA) is 29.3 Å². The lowest BCUT2D eigenvalue weighted by Crippen LogP contribution is -2.36. The minimum atomic E-state index is 0.142. The number of piperidine rings is 1. The van der Waals surface area contributed by atoms with Gasteiger partial charge in [0.2, 0.25) is 0 Å². The zero-order chi connectivity index (χ0) is 15.5. The summed E-state index contributed by atoms with van der Waals surface area (Å²) in [5, 5.41) is 1.42. The lowest BCUT2D eigenvalue weighted by Gasteiger charge is -2.33. The molecule has 2 aliphatic rings. The second kappa shape index (κ2) is 7.35. The number of halogens is 2. The number of nitrogens with zero attached hydrogens (tertiary/aromatic N) is 1. The predicted octanol–water partition coefficient (Wildman–Crippen LogP) is 4.61. The Balaban J connectivity index is 1.67. The molecule has 0 radical (unpaired) electrons. The van der Waals surface area contributed by atoms with Crippen LogP contribution in [-0.4, -0.2) is 30.6 Å². The minimum absolute atomic E-state index is 0.142.